The minimum Gasteiger partial charge on any atom is -0.496 e. The zero-order chi connectivity index (χ0) is 13.2. The van der Waals surface area contributed by atoms with Crippen LogP contribution >= 0.6 is 0 Å². The molecule has 2 aromatic rings. The van der Waals surface area contributed by atoms with E-state index >= 15 is 0 Å². The number of rotatable bonds is 3. The second-order valence-electron chi connectivity index (χ2n) is 5.12. The Morgan fingerprint density at radius 1 is 1.37 bits per heavy atom. The van der Waals surface area contributed by atoms with Crippen molar-refractivity contribution in [2.75, 3.05) is 7.11 Å². The van der Waals surface area contributed by atoms with Crippen molar-refractivity contribution in [2.45, 2.75) is 38.6 Å². The molecule has 3 rings (SSSR count). The van der Waals surface area contributed by atoms with E-state index in [1.165, 1.54) is 12.8 Å². The summed E-state index contributed by atoms with van der Waals surface area (Å²) in [5.41, 5.74) is 1.14. The van der Waals surface area contributed by atoms with Crippen molar-refractivity contribution in [3.8, 4) is 5.75 Å². The first-order valence-corrected chi connectivity index (χ1v) is 6.84. The quantitative estimate of drug-likeness (QED) is 0.849. The molecule has 0 aliphatic carbocycles. The number of benzene rings is 1. The molecule has 4 nitrogen and oxygen atoms in total. The van der Waals surface area contributed by atoms with Crippen molar-refractivity contribution >= 4 is 0 Å². The van der Waals surface area contributed by atoms with Crippen molar-refractivity contribution < 1.29 is 4.74 Å². The van der Waals surface area contributed by atoms with Gasteiger partial charge in [-0.3, -0.25) is 0 Å². The Bertz CT molecular complexity index is 577. The maximum absolute atomic E-state index is 5.38. The fourth-order valence-corrected chi connectivity index (χ4v) is 2.70. The predicted molar refractivity (Wildman–Crippen MR) is 73.5 cm³/mol. The van der Waals surface area contributed by atoms with Gasteiger partial charge in [0, 0.05) is 18.4 Å². The molecular formula is C15H19N3O. The van der Waals surface area contributed by atoms with Gasteiger partial charge in [0.05, 0.1) is 13.2 Å². The smallest absolute Gasteiger partial charge is 0.155 e. The molecule has 4 heteroatoms. The molecule has 0 N–H and O–H groups in total. The molecule has 1 unspecified atom stereocenters. The Hall–Kier alpha value is -1.84. The third kappa shape index (κ3) is 2.35. The number of hydrogen-bond donors (Lipinski definition) is 0. The molecule has 1 atom stereocenters. The van der Waals surface area contributed by atoms with Crippen LogP contribution in [0.15, 0.2) is 24.3 Å². The number of aryl methyl sites for hydroxylation is 1. The predicted octanol–water partition coefficient (Wildman–Crippen LogP) is 2.77. The summed E-state index contributed by atoms with van der Waals surface area (Å²) in [6, 6.07) is 8.53. The average molecular weight is 257 g/mol. The topological polar surface area (TPSA) is 39.9 Å². The summed E-state index contributed by atoms with van der Waals surface area (Å²) in [4.78, 5) is 4.67. The molecular weight excluding hydrogens is 238 g/mol. The lowest BCUT2D eigenvalue weighted by atomic mass is 10.1. The molecule has 0 saturated heterocycles. The monoisotopic (exact) mass is 257 g/mol. The van der Waals surface area contributed by atoms with Crippen LogP contribution in [0.5, 0.6) is 5.75 Å². The van der Waals surface area contributed by atoms with E-state index in [0.717, 1.165) is 35.8 Å². The molecule has 1 aromatic carbocycles. The van der Waals surface area contributed by atoms with Gasteiger partial charge in [-0.2, -0.15) is 5.10 Å². The van der Waals surface area contributed by atoms with Gasteiger partial charge in [-0.25, -0.2) is 9.67 Å². The highest BCUT2D eigenvalue weighted by Gasteiger charge is 2.20. The van der Waals surface area contributed by atoms with Gasteiger partial charge < -0.3 is 4.74 Å². The van der Waals surface area contributed by atoms with Gasteiger partial charge in [0.2, 0.25) is 0 Å². The van der Waals surface area contributed by atoms with Crippen LogP contribution in [0, 0.1) is 0 Å². The summed E-state index contributed by atoms with van der Waals surface area (Å²) in [6.07, 6.45) is 4.19. The van der Waals surface area contributed by atoms with Crippen molar-refractivity contribution in [3.05, 3.63) is 41.5 Å². The summed E-state index contributed by atoms with van der Waals surface area (Å²) >= 11 is 0. The number of aromatic nitrogens is 3. The van der Waals surface area contributed by atoms with Crippen LogP contribution in [0.1, 0.15) is 43.0 Å². The van der Waals surface area contributed by atoms with Crippen LogP contribution < -0.4 is 4.74 Å². The largest absolute Gasteiger partial charge is 0.496 e. The summed E-state index contributed by atoms with van der Waals surface area (Å²) in [5, 5.41) is 4.65. The van der Waals surface area contributed by atoms with Gasteiger partial charge >= 0.3 is 0 Å². The summed E-state index contributed by atoms with van der Waals surface area (Å²) in [6.45, 7) is 2.21. The molecule has 2 heterocycles. The van der Waals surface area contributed by atoms with Gasteiger partial charge in [-0.1, -0.05) is 18.2 Å². The highest BCUT2D eigenvalue weighted by molar-refractivity contribution is 5.35. The molecule has 1 aromatic heterocycles. The molecule has 0 saturated carbocycles. The van der Waals surface area contributed by atoms with Gasteiger partial charge in [0.15, 0.2) is 5.82 Å². The molecule has 0 bridgehead atoms. The molecule has 19 heavy (non-hydrogen) atoms. The number of fused-ring (bicyclic) bond motifs is 1. The Morgan fingerprint density at radius 2 is 2.21 bits per heavy atom. The van der Waals surface area contributed by atoms with Gasteiger partial charge in [0.25, 0.3) is 0 Å². The summed E-state index contributed by atoms with van der Waals surface area (Å²) in [5.74, 6) is 2.93. The van der Waals surface area contributed by atoms with Crippen LogP contribution in [0.2, 0.25) is 0 Å². The first kappa shape index (κ1) is 12.2. The first-order valence-electron chi connectivity index (χ1n) is 6.84. The van der Waals surface area contributed by atoms with Gasteiger partial charge in [-0.15, -0.1) is 0 Å². The Kier molecular flexibility index (Phi) is 3.23. The van der Waals surface area contributed by atoms with Crippen molar-refractivity contribution in [2.24, 2.45) is 0 Å². The first-order chi connectivity index (χ1) is 9.28. The molecule has 0 spiro atoms. The number of nitrogens with zero attached hydrogens (tertiary/aromatic N) is 3. The highest BCUT2D eigenvalue weighted by Crippen LogP contribution is 2.24. The van der Waals surface area contributed by atoms with E-state index in [1.54, 1.807) is 7.11 Å². The van der Waals surface area contributed by atoms with Crippen molar-refractivity contribution in [1.82, 2.24) is 14.8 Å². The van der Waals surface area contributed by atoms with Crippen molar-refractivity contribution in [3.63, 3.8) is 0 Å². The SMILES string of the molecule is COc1ccccc1Cc1nc2n(n1)C(C)CCC2. The summed E-state index contributed by atoms with van der Waals surface area (Å²) in [7, 11) is 1.70. The zero-order valence-corrected chi connectivity index (χ0v) is 11.5. The third-order valence-corrected chi connectivity index (χ3v) is 3.73. The summed E-state index contributed by atoms with van der Waals surface area (Å²) < 4.78 is 7.47. The molecule has 0 radical (unpaired) electrons. The van der Waals surface area contributed by atoms with Gasteiger partial charge in [0.1, 0.15) is 11.6 Å². The highest BCUT2D eigenvalue weighted by atomic mass is 16.5. The van der Waals surface area contributed by atoms with Crippen LogP contribution in [0.4, 0.5) is 0 Å². The maximum Gasteiger partial charge on any atom is 0.155 e. The van der Waals surface area contributed by atoms with E-state index < -0.39 is 0 Å². The lowest BCUT2D eigenvalue weighted by Gasteiger charge is -2.18. The minimum absolute atomic E-state index is 0.475. The van der Waals surface area contributed by atoms with Crippen LogP contribution in [-0.4, -0.2) is 21.9 Å². The zero-order valence-electron chi connectivity index (χ0n) is 11.5. The molecule has 0 amide bonds. The number of methoxy groups -OCH3 is 1. The molecule has 1 aliphatic heterocycles. The van der Waals surface area contributed by atoms with Crippen molar-refractivity contribution in [1.29, 1.82) is 0 Å². The van der Waals surface area contributed by atoms with Crippen LogP contribution in [-0.2, 0) is 12.8 Å². The normalized spacial score (nSPS) is 18.1. The van der Waals surface area contributed by atoms with Crippen LogP contribution in [0.3, 0.4) is 0 Å². The number of hydrogen-bond acceptors (Lipinski definition) is 3. The lowest BCUT2D eigenvalue weighted by Crippen LogP contribution is -2.16. The maximum atomic E-state index is 5.38. The van der Waals surface area contributed by atoms with E-state index in [-0.39, 0.29) is 0 Å². The molecule has 100 valence electrons. The average Bonchev–Trinajstić information content (AvgIpc) is 2.83. The fraction of sp³-hybridized carbons (Fsp3) is 0.467. The van der Waals surface area contributed by atoms with E-state index in [9.17, 15) is 0 Å². The number of ether oxygens (including phenoxy) is 1. The Morgan fingerprint density at radius 3 is 3.00 bits per heavy atom. The Labute approximate surface area is 113 Å². The number of para-hydroxylation sites is 1. The standard InChI is InChI=1S/C15H19N3O/c1-11-6-5-9-15-16-14(17-18(11)15)10-12-7-3-4-8-13(12)19-2/h3-4,7-8,11H,5-6,9-10H2,1-2H3. The van der Waals surface area contributed by atoms with Crippen LogP contribution in [0.25, 0.3) is 0 Å². The van der Waals surface area contributed by atoms with E-state index in [4.69, 9.17) is 4.74 Å². The molecule has 0 fully saturated rings. The molecule has 1 aliphatic rings. The second kappa shape index (κ2) is 5.03. The van der Waals surface area contributed by atoms with E-state index in [1.807, 2.05) is 18.2 Å². The second-order valence-corrected chi connectivity index (χ2v) is 5.12. The lowest BCUT2D eigenvalue weighted by molar-refractivity contribution is 0.387. The Balaban J connectivity index is 1.88. The van der Waals surface area contributed by atoms with E-state index in [0.29, 0.717) is 6.04 Å². The third-order valence-electron chi connectivity index (χ3n) is 3.73. The van der Waals surface area contributed by atoms with E-state index in [2.05, 4.69) is 27.8 Å². The minimum atomic E-state index is 0.475. The van der Waals surface area contributed by atoms with Gasteiger partial charge in [-0.05, 0) is 25.8 Å². The fourth-order valence-electron chi connectivity index (χ4n) is 2.70.